The predicted octanol–water partition coefficient (Wildman–Crippen LogP) is 3.54. The Labute approximate surface area is 114 Å². The molecule has 100 valence electrons. The fourth-order valence-electron chi connectivity index (χ4n) is 2.13. The third-order valence-corrected chi connectivity index (χ3v) is 3.46. The summed E-state index contributed by atoms with van der Waals surface area (Å²) >= 11 is 0. The summed E-state index contributed by atoms with van der Waals surface area (Å²) in [5, 5.41) is 10.6. The zero-order chi connectivity index (χ0) is 13.7. The standard InChI is InChI=1S/C17H20O2/c1-17(18,13-12-14-6-4-3-5-7-14)15-8-10-16(19-2)11-9-15/h3-11,18H,12-13H2,1-2H3. The first-order valence-corrected chi connectivity index (χ1v) is 6.53. The lowest BCUT2D eigenvalue weighted by molar-refractivity contribution is 0.0480. The molecular formula is C17H20O2. The van der Waals surface area contributed by atoms with Gasteiger partial charge in [0, 0.05) is 0 Å². The number of methoxy groups -OCH3 is 1. The van der Waals surface area contributed by atoms with E-state index in [0.717, 1.165) is 17.7 Å². The number of hydrogen-bond donors (Lipinski definition) is 1. The van der Waals surface area contributed by atoms with Crippen LogP contribution in [0.1, 0.15) is 24.5 Å². The van der Waals surface area contributed by atoms with Gasteiger partial charge in [-0.15, -0.1) is 0 Å². The largest absolute Gasteiger partial charge is 0.497 e. The van der Waals surface area contributed by atoms with Gasteiger partial charge in [-0.25, -0.2) is 0 Å². The fraction of sp³-hybridized carbons (Fsp3) is 0.294. The quantitative estimate of drug-likeness (QED) is 0.886. The van der Waals surface area contributed by atoms with E-state index >= 15 is 0 Å². The van der Waals surface area contributed by atoms with Gasteiger partial charge in [-0.3, -0.25) is 0 Å². The summed E-state index contributed by atoms with van der Waals surface area (Å²) in [6.07, 6.45) is 1.56. The van der Waals surface area contributed by atoms with Crippen LogP contribution in [0.25, 0.3) is 0 Å². The molecule has 0 aromatic heterocycles. The van der Waals surface area contributed by atoms with Crippen LogP contribution in [0.15, 0.2) is 54.6 Å². The summed E-state index contributed by atoms with van der Waals surface area (Å²) in [4.78, 5) is 0. The molecule has 0 heterocycles. The van der Waals surface area contributed by atoms with E-state index in [1.54, 1.807) is 7.11 Å². The van der Waals surface area contributed by atoms with Crippen LogP contribution < -0.4 is 4.74 Å². The van der Waals surface area contributed by atoms with Gasteiger partial charge in [-0.05, 0) is 43.0 Å². The highest BCUT2D eigenvalue weighted by Crippen LogP contribution is 2.27. The number of ether oxygens (including phenoxy) is 1. The second-order valence-corrected chi connectivity index (χ2v) is 4.99. The Morgan fingerprint density at radius 3 is 2.21 bits per heavy atom. The Morgan fingerprint density at radius 2 is 1.63 bits per heavy atom. The van der Waals surface area contributed by atoms with E-state index in [1.807, 2.05) is 49.4 Å². The van der Waals surface area contributed by atoms with Crippen LogP contribution in [0.3, 0.4) is 0 Å². The lowest BCUT2D eigenvalue weighted by Gasteiger charge is -2.24. The SMILES string of the molecule is COc1ccc(C(C)(O)CCc2ccccc2)cc1. The van der Waals surface area contributed by atoms with E-state index in [-0.39, 0.29) is 0 Å². The van der Waals surface area contributed by atoms with Gasteiger partial charge in [-0.1, -0.05) is 42.5 Å². The lowest BCUT2D eigenvalue weighted by Crippen LogP contribution is -2.21. The normalized spacial score (nSPS) is 13.8. The molecule has 0 fully saturated rings. The van der Waals surface area contributed by atoms with E-state index in [1.165, 1.54) is 5.56 Å². The van der Waals surface area contributed by atoms with Crippen molar-refractivity contribution in [3.63, 3.8) is 0 Å². The molecule has 2 aromatic rings. The molecular weight excluding hydrogens is 236 g/mol. The molecule has 19 heavy (non-hydrogen) atoms. The highest BCUT2D eigenvalue weighted by Gasteiger charge is 2.22. The van der Waals surface area contributed by atoms with Gasteiger partial charge >= 0.3 is 0 Å². The first-order valence-electron chi connectivity index (χ1n) is 6.53. The summed E-state index contributed by atoms with van der Waals surface area (Å²) in [6, 6.07) is 17.8. The Morgan fingerprint density at radius 1 is 1.00 bits per heavy atom. The zero-order valence-electron chi connectivity index (χ0n) is 11.5. The molecule has 0 aliphatic heterocycles. The monoisotopic (exact) mass is 256 g/mol. The number of benzene rings is 2. The number of hydrogen-bond acceptors (Lipinski definition) is 2. The summed E-state index contributed by atoms with van der Waals surface area (Å²) in [7, 11) is 1.64. The average Bonchev–Trinajstić information content (AvgIpc) is 2.46. The summed E-state index contributed by atoms with van der Waals surface area (Å²) in [5.74, 6) is 0.808. The molecule has 0 saturated carbocycles. The minimum Gasteiger partial charge on any atom is -0.497 e. The average molecular weight is 256 g/mol. The van der Waals surface area contributed by atoms with Gasteiger partial charge in [0.25, 0.3) is 0 Å². The Hall–Kier alpha value is -1.80. The van der Waals surface area contributed by atoms with Crippen LogP contribution in [0, 0.1) is 0 Å². The second-order valence-electron chi connectivity index (χ2n) is 4.99. The Balaban J connectivity index is 2.04. The van der Waals surface area contributed by atoms with Crippen LogP contribution in [-0.4, -0.2) is 12.2 Å². The summed E-state index contributed by atoms with van der Waals surface area (Å²) < 4.78 is 5.13. The number of aliphatic hydroxyl groups is 1. The van der Waals surface area contributed by atoms with Crippen molar-refractivity contribution in [1.29, 1.82) is 0 Å². The van der Waals surface area contributed by atoms with Gasteiger partial charge in [0.15, 0.2) is 0 Å². The molecule has 1 atom stereocenters. The van der Waals surface area contributed by atoms with Crippen LogP contribution in [-0.2, 0) is 12.0 Å². The van der Waals surface area contributed by atoms with Crippen LogP contribution in [0.5, 0.6) is 5.75 Å². The predicted molar refractivity (Wildman–Crippen MR) is 77.3 cm³/mol. The first kappa shape index (κ1) is 13.6. The molecule has 1 N–H and O–H groups in total. The van der Waals surface area contributed by atoms with Crippen molar-refractivity contribution < 1.29 is 9.84 Å². The first-order chi connectivity index (χ1) is 9.12. The molecule has 0 aliphatic rings. The minimum absolute atomic E-state index is 0.698. The Bertz CT molecular complexity index is 501. The van der Waals surface area contributed by atoms with Crippen LogP contribution in [0.2, 0.25) is 0 Å². The molecule has 0 bridgehead atoms. The smallest absolute Gasteiger partial charge is 0.118 e. The van der Waals surface area contributed by atoms with Crippen LogP contribution in [0.4, 0.5) is 0 Å². The van der Waals surface area contributed by atoms with E-state index in [9.17, 15) is 5.11 Å². The lowest BCUT2D eigenvalue weighted by atomic mass is 9.89. The minimum atomic E-state index is -0.817. The van der Waals surface area contributed by atoms with Crippen molar-refractivity contribution in [3.05, 3.63) is 65.7 Å². The third-order valence-electron chi connectivity index (χ3n) is 3.46. The molecule has 2 rings (SSSR count). The molecule has 1 unspecified atom stereocenters. The molecule has 0 aliphatic carbocycles. The van der Waals surface area contributed by atoms with Crippen LogP contribution >= 0.6 is 0 Å². The van der Waals surface area contributed by atoms with Gasteiger partial charge in [0.05, 0.1) is 12.7 Å². The van der Waals surface area contributed by atoms with Gasteiger partial charge < -0.3 is 9.84 Å². The van der Waals surface area contributed by atoms with E-state index in [2.05, 4.69) is 12.1 Å². The third kappa shape index (κ3) is 3.58. The van der Waals surface area contributed by atoms with Gasteiger partial charge in [0.1, 0.15) is 5.75 Å². The molecule has 0 radical (unpaired) electrons. The molecule has 2 aromatic carbocycles. The Kier molecular flexibility index (Phi) is 4.23. The van der Waals surface area contributed by atoms with Crippen molar-refractivity contribution in [2.24, 2.45) is 0 Å². The molecule has 2 heteroatoms. The maximum atomic E-state index is 10.6. The molecule has 0 saturated heterocycles. The topological polar surface area (TPSA) is 29.5 Å². The maximum Gasteiger partial charge on any atom is 0.118 e. The molecule has 0 spiro atoms. The van der Waals surface area contributed by atoms with Crippen molar-refractivity contribution in [2.75, 3.05) is 7.11 Å². The summed E-state index contributed by atoms with van der Waals surface area (Å²) in [6.45, 7) is 1.86. The fourth-order valence-corrected chi connectivity index (χ4v) is 2.13. The van der Waals surface area contributed by atoms with Crippen molar-refractivity contribution in [3.8, 4) is 5.75 Å². The number of rotatable bonds is 5. The van der Waals surface area contributed by atoms with Crippen molar-refractivity contribution >= 4 is 0 Å². The highest BCUT2D eigenvalue weighted by molar-refractivity contribution is 5.30. The molecule has 2 nitrogen and oxygen atoms in total. The molecule has 0 amide bonds. The van der Waals surface area contributed by atoms with Crippen molar-refractivity contribution in [1.82, 2.24) is 0 Å². The van der Waals surface area contributed by atoms with E-state index in [0.29, 0.717) is 6.42 Å². The van der Waals surface area contributed by atoms with E-state index < -0.39 is 5.60 Å². The van der Waals surface area contributed by atoms with Gasteiger partial charge in [-0.2, -0.15) is 0 Å². The van der Waals surface area contributed by atoms with E-state index in [4.69, 9.17) is 4.74 Å². The van der Waals surface area contributed by atoms with Gasteiger partial charge in [0.2, 0.25) is 0 Å². The summed E-state index contributed by atoms with van der Waals surface area (Å²) in [5.41, 5.74) is 1.35. The second kappa shape index (κ2) is 5.89. The maximum absolute atomic E-state index is 10.6. The van der Waals surface area contributed by atoms with Crippen molar-refractivity contribution in [2.45, 2.75) is 25.4 Å². The highest BCUT2D eigenvalue weighted by atomic mass is 16.5. The zero-order valence-corrected chi connectivity index (χ0v) is 11.5. The number of aryl methyl sites for hydroxylation is 1.